The average molecular weight is 609 g/mol. The predicted octanol–water partition coefficient (Wildman–Crippen LogP) is 6.13. The van der Waals surface area contributed by atoms with Crippen molar-refractivity contribution in [1.82, 2.24) is 0 Å². The second-order valence-corrected chi connectivity index (χ2v) is 15.3. The van der Waals surface area contributed by atoms with Crippen LogP contribution in [0.4, 0.5) is 18.0 Å². The van der Waals surface area contributed by atoms with Crippen LogP contribution in [-0.2, 0) is 23.8 Å². The molecule has 5 saturated carbocycles. The zero-order chi connectivity index (χ0) is 31.5. The molecule has 10 heteroatoms. The molecule has 1 unspecified atom stereocenters. The van der Waals surface area contributed by atoms with Gasteiger partial charge in [0.05, 0.1) is 6.10 Å². The Kier molecular flexibility index (Phi) is 6.65. The number of esters is 1. The summed E-state index contributed by atoms with van der Waals surface area (Å²) >= 11 is 0. The topological polar surface area (TPSA) is 99.1 Å². The number of aliphatic hydroxyl groups excluding tert-OH is 1. The van der Waals surface area contributed by atoms with Crippen LogP contribution < -0.4 is 0 Å². The van der Waals surface area contributed by atoms with Crippen LogP contribution in [0.25, 0.3) is 0 Å². The summed E-state index contributed by atoms with van der Waals surface area (Å²) < 4.78 is 63.8. The van der Waals surface area contributed by atoms with E-state index in [0.29, 0.717) is 12.3 Å². The van der Waals surface area contributed by atoms with Gasteiger partial charge < -0.3 is 19.3 Å². The number of carbonyl (C=O) groups excluding carboxylic acids is 3. The molecule has 43 heavy (non-hydrogen) atoms. The Labute approximate surface area is 250 Å². The highest BCUT2D eigenvalue weighted by Gasteiger charge is 2.79. The van der Waals surface area contributed by atoms with E-state index < -0.39 is 83.0 Å². The van der Waals surface area contributed by atoms with Gasteiger partial charge in [-0.2, -0.15) is 0 Å². The van der Waals surface area contributed by atoms with Crippen molar-refractivity contribution in [2.45, 2.75) is 110 Å². The molecule has 1 N–H and O–H groups in total. The molecule has 2 bridgehead atoms. The maximum atomic E-state index is 17.6. The number of rotatable bonds is 4. The number of alkyl halides is 3. The molecule has 238 valence electrons. The van der Waals surface area contributed by atoms with Crippen LogP contribution in [0.15, 0.2) is 23.8 Å². The lowest BCUT2D eigenvalue weighted by Crippen LogP contribution is -2.71. The molecular weight excluding hydrogens is 565 g/mol. The maximum Gasteiger partial charge on any atom is 0.509 e. The van der Waals surface area contributed by atoms with Crippen molar-refractivity contribution in [3.05, 3.63) is 23.8 Å². The van der Waals surface area contributed by atoms with E-state index >= 15 is 8.78 Å². The standard InChI is InChI=1S/C33H43F3O7/c1-17-11-20-21-14-23(35)22-13-19(37)8-10-29(22,4)32(21,36)24(38)15-31(20,6)33(17,26(39)41-16-34)43-27(40)42-25-12-18-7-9-30(25,5)28(18,2)3/h8,10,13,17-18,20-21,23-25,38H,7,9,11-12,14-16H2,1-6H3/t17-,18-,20+,21+,23+,24+,25+,29+,30+,31+,32?,33-/m1/s1. The average Bonchev–Trinajstić information content (AvgIpc) is 3.36. The molecule has 0 aliphatic heterocycles. The number of hydrogen-bond acceptors (Lipinski definition) is 7. The number of fused-ring (bicyclic) bond motifs is 7. The van der Waals surface area contributed by atoms with E-state index in [1.807, 2.05) is 0 Å². The number of hydrogen-bond donors (Lipinski definition) is 1. The molecule has 0 aromatic heterocycles. The smallest absolute Gasteiger partial charge is 0.431 e. The van der Waals surface area contributed by atoms with Gasteiger partial charge in [0.25, 0.3) is 0 Å². The largest absolute Gasteiger partial charge is 0.509 e. The van der Waals surface area contributed by atoms with Crippen LogP contribution in [0, 0.1) is 45.3 Å². The number of carbonyl (C=O) groups is 3. The predicted molar refractivity (Wildman–Crippen MR) is 149 cm³/mol. The van der Waals surface area contributed by atoms with Crippen molar-refractivity contribution in [3.63, 3.8) is 0 Å². The maximum absolute atomic E-state index is 17.6. The monoisotopic (exact) mass is 608 g/mol. The summed E-state index contributed by atoms with van der Waals surface area (Å²) in [5, 5.41) is 11.6. The van der Waals surface area contributed by atoms with Gasteiger partial charge in [-0.15, -0.1) is 0 Å². The Bertz CT molecular complexity index is 1310. The van der Waals surface area contributed by atoms with Crippen molar-refractivity contribution in [2.75, 3.05) is 6.86 Å². The van der Waals surface area contributed by atoms with Gasteiger partial charge in [0.1, 0.15) is 12.3 Å². The Morgan fingerprint density at radius 2 is 1.77 bits per heavy atom. The lowest BCUT2D eigenvalue weighted by Gasteiger charge is -2.62. The first-order chi connectivity index (χ1) is 19.9. The lowest BCUT2D eigenvalue weighted by atomic mass is 9.44. The Morgan fingerprint density at radius 3 is 2.37 bits per heavy atom. The van der Waals surface area contributed by atoms with Gasteiger partial charge in [-0.3, -0.25) is 4.79 Å². The fraction of sp³-hybridized carbons (Fsp3) is 0.788. The highest BCUT2D eigenvalue weighted by Crippen LogP contribution is 2.72. The number of ketones is 1. The van der Waals surface area contributed by atoms with Crippen molar-refractivity contribution >= 4 is 17.9 Å². The van der Waals surface area contributed by atoms with Crippen LogP contribution in [-0.4, -0.2) is 59.5 Å². The van der Waals surface area contributed by atoms with Crippen molar-refractivity contribution in [3.8, 4) is 0 Å². The summed E-state index contributed by atoms with van der Waals surface area (Å²) in [5.74, 6) is -3.87. The van der Waals surface area contributed by atoms with E-state index in [-0.39, 0.29) is 35.7 Å². The minimum atomic E-state index is -2.38. The molecule has 0 aromatic rings. The van der Waals surface area contributed by atoms with Crippen molar-refractivity contribution in [1.29, 1.82) is 0 Å². The highest BCUT2D eigenvalue weighted by atomic mass is 19.1. The first-order valence-corrected chi connectivity index (χ1v) is 15.5. The second-order valence-electron chi connectivity index (χ2n) is 15.3. The van der Waals surface area contributed by atoms with Crippen LogP contribution in [0.5, 0.6) is 0 Å². The normalized spacial score (nSPS) is 50.8. The van der Waals surface area contributed by atoms with Gasteiger partial charge in [0, 0.05) is 28.1 Å². The van der Waals surface area contributed by atoms with Gasteiger partial charge in [0.15, 0.2) is 11.5 Å². The molecule has 0 spiro atoms. The molecule has 5 fully saturated rings. The van der Waals surface area contributed by atoms with E-state index in [1.54, 1.807) is 13.8 Å². The first-order valence-electron chi connectivity index (χ1n) is 15.5. The molecule has 0 saturated heterocycles. The SMILES string of the molecule is C[C@@H]1C[C@H]2[C@@H]3C[C@H](F)C4=CC(=O)C=C[C@]4(C)C3(F)[C@@H](O)C[C@]2(C)[C@]1(OC(=O)O[C@H]1C[C@H]2CC[C@]1(C)C2(C)C)C(=O)OCF. The summed E-state index contributed by atoms with van der Waals surface area (Å²) in [6.45, 7) is 9.69. The summed E-state index contributed by atoms with van der Waals surface area (Å²) in [5.41, 5.74) is -7.92. The van der Waals surface area contributed by atoms with Gasteiger partial charge in [0.2, 0.25) is 12.5 Å². The molecule has 0 radical (unpaired) electrons. The van der Waals surface area contributed by atoms with Crippen molar-refractivity contribution < 1.29 is 46.9 Å². The number of aliphatic hydroxyl groups is 1. The van der Waals surface area contributed by atoms with Gasteiger partial charge in [-0.1, -0.05) is 40.7 Å². The third-order valence-electron chi connectivity index (χ3n) is 13.9. The second kappa shape index (κ2) is 9.33. The molecule has 0 heterocycles. The lowest BCUT2D eigenvalue weighted by molar-refractivity contribution is -0.236. The molecule has 7 nitrogen and oxygen atoms in total. The van der Waals surface area contributed by atoms with E-state index in [4.69, 9.17) is 14.2 Å². The molecule has 12 atom stereocenters. The third-order valence-corrected chi connectivity index (χ3v) is 13.9. The van der Waals surface area contributed by atoms with E-state index in [1.165, 1.54) is 19.1 Å². The van der Waals surface area contributed by atoms with E-state index in [2.05, 4.69) is 20.8 Å². The zero-order valence-electron chi connectivity index (χ0n) is 25.8. The van der Waals surface area contributed by atoms with Gasteiger partial charge in [-0.05, 0) is 80.4 Å². The van der Waals surface area contributed by atoms with Crippen molar-refractivity contribution in [2.24, 2.45) is 45.3 Å². The minimum absolute atomic E-state index is 0.0161. The number of allylic oxidation sites excluding steroid dienone is 4. The third kappa shape index (κ3) is 3.56. The molecule has 6 aliphatic rings. The van der Waals surface area contributed by atoms with Gasteiger partial charge in [-0.25, -0.2) is 22.8 Å². The Morgan fingerprint density at radius 1 is 1.07 bits per heavy atom. The number of ether oxygens (including phenoxy) is 3. The fourth-order valence-electron chi connectivity index (χ4n) is 11.0. The van der Waals surface area contributed by atoms with Crippen LogP contribution in [0.3, 0.4) is 0 Å². The highest BCUT2D eigenvalue weighted by molar-refractivity contribution is 6.01. The Balaban J connectivity index is 1.37. The molecule has 6 aliphatic carbocycles. The molecular formula is C33H43F3O7. The molecule has 0 aromatic carbocycles. The quantitative estimate of drug-likeness (QED) is 0.384. The molecule has 0 amide bonds. The van der Waals surface area contributed by atoms with E-state index in [0.717, 1.165) is 18.9 Å². The number of halogens is 3. The molecule has 6 rings (SSSR count). The Hall–Kier alpha value is -2.36. The van der Waals surface area contributed by atoms with Crippen LogP contribution in [0.1, 0.15) is 80.1 Å². The van der Waals surface area contributed by atoms with Gasteiger partial charge >= 0.3 is 12.1 Å². The summed E-state index contributed by atoms with van der Waals surface area (Å²) in [7, 11) is 0. The van der Waals surface area contributed by atoms with Crippen LogP contribution in [0.2, 0.25) is 0 Å². The summed E-state index contributed by atoms with van der Waals surface area (Å²) in [4.78, 5) is 39.5. The fourth-order valence-corrected chi connectivity index (χ4v) is 11.0. The summed E-state index contributed by atoms with van der Waals surface area (Å²) in [6.07, 6.45) is 0.710. The summed E-state index contributed by atoms with van der Waals surface area (Å²) in [6, 6.07) is 0. The van der Waals surface area contributed by atoms with E-state index in [9.17, 15) is 23.9 Å². The zero-order valence-corrected chi connectivity index (χ0v) is 25.8. The van der Waals surface area contributed by atoms with Crippen LogP contribution >= 0.6 is 0 Å². The minimum Gasteiger partial charge on any atom is -0.431 e. The first kappa shape index (κ1) is 30.7.